The van der Waals surface area contributed by atoms with Gasteiger partial charge in [0.2, 0.25) is 6.41 Å². The van der Waals surface area contributed by atoms with Crippen LogP contribution < -0.4 is 10.6 Å². The summed E-state index contributed by atoms with van der Waals surface area (Å²) in [5.41, 5.74) is 3.83. The monoisotopic (exact) mass is 268 g/mol. The molecule has 2 rings (SSSR count). The molecule has 2 aromatic rings. The topological polar surface area (TPSA) is 58.2 Å². The number of benzene rings is 2. The summed E-state index contributed by atoms with van der Waals surface area (Å²) < 4.78 is 0. The summed E-state index contributed by atoms with van der Waals surface area (Å²) in [5, 5.41) is 5.38. The van der Waals surface area contributed by atoms with Crippen LogP contribution in [-0.4, -0.2) is 12.3 Å². The van der Waals surface area contributed by atoms with Crippen LogP contribution in [0, 0.1) is 13.8 Å². The van der Waals surface area contributed by atoms with E-state index in [2.05, 4.69) is 10.6 Å². The normalized spacial score (nSPS) is 9.90. The number of carbonyl (C=O) groups is 2. The van der Waals surface area contributed by atoms with E-state index in [1.165, 1.54) is 0 Å². The van der Waals surface area contributed by atoms with Gasteiger partial charge in [-0.3, -0.25) is 9.59 Å². The van der Waals surface area contributed by atoms with E-state index >= 15 is 0 Å². The Hall–Kier alpha value is -2.62. The standard InChI is InChI=1S/C16H16N2O2/c1-11-7-8-14(12(2)9-11)18-16(20)13-5-3-4-6-15(13)17-10-19/h3-10H,1-2H3,(H,17,19)(H,18,20). The van der Waals surface area contributed by atoms with Crippen molar-refractivity contribution in [3.05, 3.63) is 59.2 Å². The summed E-state index contributed by atoms with van der Waals surface area (Å²) in [6.45, 7) is 3.94. The average Bonchev–Trinajstić information content (AvgIpc) is 2.43. The second-order valence-corrected chi connectivity index (χ2v) is 4.58. The van der Waals surface area contributed by atoms with Crippen LogP contribution >= 0.6 is 0 Å². The van der Waals surface area contributed by atoms with Crippen LogP contribution in [0.2, 0.25) is 0 Å². The van der Waals surface area contributed by atoms with Crippen molar-refractivity contribution in [1.29, 1.82) is 0 Å². The Morgan fingerprint density at radius 2 is 1.80 bits per heavy atom. The molecule has 0 heterocycles. The lowest BCUT2D eigenvalue weighted by atomic mass is 10.1. The first kappa shape index (κ1) is 13.8. The summed E-state index contributed by atoms with van der Waals surface area (Å²) >= 11 is 0. The number of aryl methyl sites for hydroxylation is 2. The highest BCUT2D eigenvalue weighted by molar-refractivity contribution is 6.09. The molecule has 0 fully saturated rings. The van der Waals surface area contributed by atoms with E-state index in [1.54, 1.807) is 24.3 Å². The van der Waals surface area contributed by atoms with E-state index in [0.29, 0.717) is 17.7 Å². The number of rotatable bonds is 4. The molecule has 2 aromatic carbocycles. The lowest BCUT2D eigenvalue weighted by Gasteiger charge is -2.11. The van der Waals surface area contributed by atoms with E-state index in [0.717, 1.165) is 16.8 Å². The van der Waals surface area contributed by atoms with Gasteiger partial charge in [-0.05, 0) is 37.6 Å². The fourth-order valence-corrected chi connectivity index (χ4v) is 2.01. The van der Waals surface area contributed by atoms with Gasteiger partial charge in [-0.1, -0.05) is 29.8 Å². The Balaban J connectivity index is 2.26. The van der Waals surface area contributed by atoms with Gasteiger partial charge < -0.3 is 10.6 Å². The van der Waals surface area contributed by atoms with E-state index in [-0.39, 0.29) is 5.91 Å². The highest BCUT2D eigenvalue weighted by atomic mass is 16.2. The molecule has 0 aliphatic rings. The van der Waals surface area contributed by atoms with Crippen LogP contribution in [0.3, 0.4) is 0 Å². The quantitative estimate of drug-likeness (QED) is 0.837. The Kier molecular flexibility index (Phi) is 4.15. The van der Waals surface area contributed by atoms with Crippen LogP contribution in [0.15, 0.2) is 42.5 Å². The zero-order valence-electron chi connectivity index (χ0n) is 11.4. The smallest absolute Gasteiger partial charge is 0.257 e. The van der Waals surface area contributed by atoms with Gasteiger partial charge in [-0.2, -0.15) is 0 Å². The summed E-state index contributed by atoms with van der Waals surface area (Å²) in [7, 11) is 0. The number of hydrogen-bond donors (Lipinski definition) is 2. The van der Waals surface area contributed by atoms with Gasteiger partial charge in [0.15, 0.2) is 0 Å². The Bertz CT molecular complexity index is 651. The molecule has 0 bridgehead atoms. The minimum absolute atomic E-state index is 0.248. The van der Waals surface area contributed by atoms with Crippen molar-refractivity contribution >= 4 is 23.7 Å². The van der Waals surface area contributed by atoms with Crippen molar-refractivity contribution in [2.45, 2.75) is 13.8 Å². The molecule has 0 aliphatic heterocycles. The summed E-state index contributed by atoms with van der Waals surface area (Å²) in [5.74, 6) is -0.248. The largest absolute Gasteiger partial charge is 0.328 e. The van der Waals surface area contributed by atoms with Gasteiger partial charge in [0.05, 0.1) is 11.3 Å². The van der Waals surface area contributed by atoms with Gasteiger partial charge in [0.25, 0.3) is 5.91 Å². The van der Waals surface area contributed by atoms with Crippen LogP contribution in [0.5, 0.6) is 0 Å². The SMILES string of the molecule is Cc1ccc(NC(=O)c2ccccc2NC=O)c(C)c1. The Labute approximate surface area is 117 Å². The van der Waals surface area contributed by atoms with E-state index in [1.807, 2.05) is 32.0 Å². The predicted octanol–water partition coefficient (Wildman–Crippen LogP) is 3.12. The molecule has 0 aliphatic carbocycles. The molecule has 0 radical (unpaired) electrons. The lowest BCUT2D eigenvalue weighted by Crippen LogP contribution is -2.15. The molecule has 0 spiro atoms. The number of hydrogen-bond acceptors (Lipinski definition) is 2. The van der Waals surface area contributed by atoms with E-state index in [4.69, 9.17) is 0 Å². The molecule has 0 aromatic heterocycles. The average molecular weight is 268 g/mol. The van der Waals surface area contributed by atoms with Crippen LogP contribution in [0.1, 0.15) is 21.5 Å². The van der Waals surface area contributed by atoms with E-state index < -0.39 is 0 Å². The highest BCUT2D eigenvalue weighted by Crippen LogP contribution is 2.20. The number of anilines is 2. The Morgan fingerprint density at radius 3 is 2.50 bits per heavy atom. The van der Waals surface area contributed by atoms with Crippen LogP contribution in [-0.2, 0) is 4.79 Å². The molecule has 4 heteroatoms. The molecular weight excluding hydrogens is 252 g/mol. The number of nitrogens with one attached hydrogen (secondary N) is 2. The number of carbonyl (C=O) groups excluding carboxylic acids is 2. The van der Waals surface area contributed by atoms with E-state index in [9.17, 15) is 9.59 Å². The van der Waals surface area contributed by atoms with Crippen LogP contribution in [0.4, 0.5) is 11.4 Å². The van der Waals surface area contributed by atoms with Gasteiger partial charge in [0.1, 0.15) is 0 Å². The molecule has 102 valence electrons. The molecular formula is C16H16N2O2. The third-order valence-electron chi connectivity index (χ3n) is 3.02. The summed E-state index contributed by atoms with van der Waals surface area (Å²) in [6, 6.07) is 12.7. The van der Waals surface area contributed by atoms with Gasteiger partial charge in [-0.25, -0.2) is 0 Å². The minimum atomic E-state index is -0.248. The molecule has 0 saturated carbocycles. The van der Waals surface area contributed by atoms with Gasteiger partial charge in [-0.15, -0.1) is 0 Å². The zero-order valence-corrected chi connectivity index (χ0v) is 11.4. The fourth-order valence-electron chi connectivity index (χ4n) is 2.01. The maximum atomic E-state index is 12.3. The predicted molar refractivity (Wildman–Crippen MR) is 80.0 cm³/mol. The molecule has 2 amide bonds. The first-order valence-electron chi connectivity index (χ1n) is 6.29. The maximum Gasteiger partial charge on any atom is 0.257 e. The molecule has 0 unspecified atom stereocenters. The Morgan fingerprint density at radius 1 is 1.05 bits per heavy atom. The number of amides is 2. The van der Waals surface area contributed by atoms with Gasteiger partial charge in [0, 0.05) is 5.69 Å². The first-order valence-corrected chi connectivity index (χ1v) is 6.29. The third-order valence-corrected chi connectivity index (χ3v) is 3.02. The van der Waals surface area contributed by atoms with Crippen molar-refractivity contribution in [2.24, 2.45) is 0 Å². The molecule has 20 heavy (non-hydrogen) atoms. The first-order chi connectivity index (χ1) is 9.61. The molecule has 0 atom stereocenters. The highest BCUT2D eigenvalue weighted by Gasteiger charge is 2.11. The van der Waals surface area contributed by atoms with Crippen molar-refractivity contribution in [3.63, 3.8) is 0 Å². The number of para-hydroxylation sites is 1. The third kappa shape index (κ3) is 3.03. The van der Waals surface area contributed by atoms with Crippen molar-refractivity contribution < 1.29 is 9.59 Å². The second kappa shape index (κ2) is 6.02. The van der Waals surface area contributed by atoms with Crippen molar-refractivity contribution in [2.75, 3.05) is 10.6 Å². The van der Waals surface area contributed by atoms with Crippen LogP contribution in [0.25, 0.3) is 0 Å². The maximum absolute atomic E-state index is 12.3. The summed E-state index contributed by atoms with van der Waals surface area (Å²) in [4.78, 5) is 22.8. The van der Waals surface area contributed by atoms with Crippen molar-refractivity contribution in [1.82, 2.24) is 0 Å². The van der Waals surface area contributed by atoms with Gasteiger partial charge >= 0.3 is 0 Å². The lowest BCUT2D eigenvalue weighted by molar-refractivity contribution is -0.105. The second-order valence-electron chi connectivity index (χ2n) is 4.58. The summed E-state index contributed by atoms with van der Waals surface area (Å²) in [6.07, 6.45) is 0.559. The minimum Gasteiger partial charge on any atom is -0.328 e. The molecule has 4 nitrogen and oxygen atoms in total. The molecule has 0 saturated heterocycles. The molecule has 2 N–H and O–H groups in total. The zero-order chi connectivity index (χ0) is 14.5. The fraction of sp³-hybridized carbons (Fsp3) is 0.125. The van der Waals surface area contributed by atoms with Crippen molar-refractivity contribution in [3.8, 4) is 0 Å².